The van der Waals surface area contributed by atoms with E-state index in [-0.39, 0.29) is 14.9 Å². The predicted molar refractivity (Wildman–Crippen MR) is 89.2 cm³/mol. The molecule has 0 aromatic carbocycles. The summed E-state index contributed by atoms with van der Waals surface area (Å²) in [6.45, 7) is 14.6. The zero-order chi connectivity index (χ0) is 13.2. The Hall–Kier alpha value is -0.0800. The predicted octanol–water partition coefficient (Wildman–Crippen LogP) is 6.16. The van der Waals surface area contributed by atoms with Crippen molar-refractivity contribution in [1.82, 2.24) is 5.06 Å². The van der Waals surface area contributed by atoms with E-state index in [0.717, 1.165) is 26.0 Å². The third-order valence-electron chi connectivity index (χ3n) is 1.76. The van der Waals surface area contributed by atoms with Crippen LogP contribution < -0.4 is 0 Å². The molecular formula is C16H43NO. The molecule has 0 aromatic rings. The average molecular weight is 266 g/mol. The van der Waals surface area contributed by atoms with Gasteiger partial charge in [-0.3, -0.25) is 4.84 Å². The first-order valence-electron chi connectivity index (χ1n) is 7.06. The Balaban J connectivity index is -0.0000000546. The van der Waals surface area contributed by atoms with Gasteiger partial charge < -0.3 is 0 Å². The van der Waals surface area contributed by atoms with Crippen LogP contribution in [0.25, 0.3) is 0 Å². The highest BCUT2D eigenvalue weighted by Gasteiger charge is 1.92. The minimum atomic E-state index is 0. The summed E-state index contributed by atoms with van der Waals surface area (Å²) in [5, 5.41) is 1.89. The topological polar surface area (TPSA) is 12.5 Å². The first-order chi connectivity index (χ1) is 7.72. The molecule has 0 atom stereocenters. The molecule has 0 aromatic heterocycles. The zero-order valence-corrected chi connectivity index (χ0v) is 12.8. The smallest absolute Gasteiger partial charge is 0.0682 e. The van der Waals surface area contributed by atoms with E-state index in [0.29, 0.717) is 0 Å². The molecule has 0 aliphatic carbocycles. The SMILES string of the molecule is C.C.CC.CCCCC.CCCON(C)CCC. The van der Waals surface area contributed by atoms with Crippen molar-refractivity contribution >= 4 is 0 Å². The van der Waals surface area contributed by atoms with Crippen molar-refractivity contribution in [3.63, 3.8) is 0 Å². The molecule has 0 amide bonds. The zero-order valence-electron chi connectivity index (χ0n) is 12.8. The molecule has 0 spiro atoms. The minimum Gasteiger partial charge on any atom is -0.299 e. The number of rotatable bonds is 7. The maximum Gasteiger partial charge on any atom is 0.0682 e. The van der Waals surface area contributed by atoms with E-state index in [9.17, 15) is 0 Å². The maximum atomic E-state index is 5.26. The Morgan fingerprint density at radius 2 is 1.22 bits per heavy atom. The monoisotopic (exact) mass is 265 g/mol. The summed E-state index contributed by atoms with van der Waals surface area (Å²) < 4.78 is 0. The van der Waals surface area contributed by atoms with Crippen molar-refractivity contribution in [1.29, 1.82) is 0 Å². The largest absolute Gasteiger partial charge is 0.299 e. The summed E-state index contributed by atoms with van der Waals surface area (Å²) in [5.74, 6) is 0. The lowest BCUT2D eigenvalue weighted by molar-refractivity contribution is -0.139. The van der Waals surface area contributed by atoms with Gasteiger partial charge in [0.25, 0.3) is 0 Å². The van der Waals surface area contributed by atoms with Crippen LogP contribution in [-0.2, 0) is 4.84 Å². The van der Waals surface area contributed by atoms with Crippen molar-refractivity contribution in [3.05, 3.63) is 0 Å². The summed E-state index contributed by atoms with van der Waals surface area (Å²) in [6, 6.07) is 0. The lowest BCUT2D eigenvalue weighted by atomic mass is 10.3. The van der Waals surface area contributed by atoms with E-state index in [1.807, 2.05) is 26.0 Å². The van der Waals surface area contributed by atoms with E-state index in [4.69, 9.17) is 4.84 Å². The van der Waals surface area contributed by atoms with Gasteiger partial charge in [0.2, 0.25) is 0 Å². The molecule has 2 heteroatoms. The van der Waals surface area contributed by atoms with Crippen LogP contribution in [0.15, 0.2) is 0 Å². The summed E-state index contributed by atoms with van der Waals surface area (Å²) in [7, 11) is 1.97. The molecule has 0 saturated heterocycles. The van der Waals surface area contributed by atoms with Crippen LogP contribution in [0.5, 0.6) is 0 Å². The molecule has 0 aliphatic rings. The van der Waals surface area contributed by atoms with E-state index in [1.165, 1.54) is 19.3 Å². The molecule has 0 fully saturated rings. The fraction of sp³-hybridized carbons (Fsp3) is 1.00. The highest BCUT2D eigenvalue weighted by molar-refractivity contribution is 4.32. The lowest BCUT2D eigenvalue weighted by Gasteiger charge is -2.13. The Morgan fingerprint density at radius 1 is 0.778 bits per heavy atom. The molecule has 0 radical (unpaired) electrons. The van der Waals surface area contributed by atoms with Gasteiger partial charge in [-0.1, -0.05) is 75.7 Å². The second-order valence-corrected chi connectivity index (χ2v) is 3.54. The number of hydrogen-bond donors (Lipinski definition) is 0. The molecule has 18 heavy (non-hydrogen) atoms. The minimum absolute atomic E-state index is 0. The van der Waals surface area contributed by atoms with Gasteiger partial charge in [-0.25, -0.2) is 0 Å². The van der Waals surface area contributed by atoms with Crippen molar-refractivity contribution < 1.29 is 4.84 Å². The van der Waals surface area contributed by atoms with Crippen LogP contribution in [-0.4, -0.2) is 25.3 Å². The maximum absolute atomic E-state index is 5.26. The first kappa shape index (κ1) is 30.7. The molecule has 0 heterocycles. The molecule has 0 bridgehead atoms. The number of nitrogens with zero attached hydrogens (tertiary/aromatic N) is 1. The van der Waals surface area contributed by atoms with Crippen LogP contribution in [0.3, 0.4) is 0 Å². The standard InChI is InChI=1S/C7H17NO.C5H12.C2H6.2CH4/c1-4-6-8(3)9-7-5-2;1-3-5-4-2;1-2;;/h4-7H2,1-3H3;3-5H2,1-2H3;1-2H3;2*1H4. The molecule has 2 nitrogen and oxygen atoms in total. The Labute approximate surface area is 119 Å². The van der Waals surface area contributed by atoms with Crippen molar-refractivity contribution in [2.75, 3.05) is 20.2 Å². The van der Waals surface area contributed by atoms with Crippen LogP contribution in [0.4, 0.5) is 0 Å². The van der Waals surface area contributed by atoms with Gasteiger partial charge in [0.05, 0.1) is 6.61 Å². The van der Waals surface area contributed by atoms with Gasteiger partial charge in [0, 0.05) is 13.6 Å². The Kier molecular flexibility index (Phi) is 61.4. The molecule has 0 unspecified atom stereocenters. The normalized spacial score (nSPS) is 8.00. The third kappa shape index (κ3) is 44.5. The third-order valence-corrected chi connectivity index (χ3v) is 1.76. The number of unbranched alkanes of at least 4 members (excludes halogenated alkanes) is 2. The fourth-order valence-electron chi connectivity index (χ4n) is 0.980. The molecule has 0 aliphatic heterocycles. The van der Waals surface area contributed by atoms with E-state index >= 15 is 0 Å². The van der Waals surface area contributed by atoms with Crippen molar-refractivity contribution in [2.24, 2.45) is 0 Å². The molecular weight excluding hydrogens is 222 g/mol. The average Bonchev–Trinajstić information content (AvgIpc) is 2.31. The van der Waals surface area contributed by atoms with Gasteiger partial charge in [-0.05, 0) is 12.8 Å². The van der Waals surface area contributed by atoms with E-state index in [1.54, 1.807) is 0 Å². The lowest BCUT2D eigenvalue weighted by Crippen LogP contribution is -2.19. The van der Waals surface area contributed by atoms with Gasteiger partial charge in [0.1, 0.15) is 0 Å². The van der Waals surface area contributed by atoms with Crippen LogP contribution in [0.1, 0.15) is 88.5 Å². The van der Waals surface area contributed by atoms with Crippen LogP contribution in [0, 0.1) is 0 Å². The highest BCUT2D eigenvalue weighted by Crippen LogP contribution is 1.89. The van der Waals surface area contributed by atoms with Gasteiger partial charge in [-0.2, -0.15) is 5.06 Å². The molecule has 118 valence electrons. The van der Waals surface area contributed by atoms with Gasteiger partial charge in [0.15, 0.2) is 0 Å². The Bertz CT molecular complexity index is 85.2. The van der Waals surface area contributed by atoms with Crippen molar-refractivity contribution in [2.45, 2.75) is 88.5 Å². The highest BCUT2D eigenvalue weighted by atomic mass is 16.7. The summed E-state index contributed by atoms with van der Waals surface area (Å²) in [4.78, 5) is 5.26. The molecule has 0 rings (SSSR count). The second-order valence-electron chi connectivity index (χ2n) is 3.54. The van der Waals surface area contributed by atoms with E-state index in [2.05, 4.69) is 27.7 Å². The van der Waals surface area contributed by atoms with E-state index < -0.39 is 0 Å². The van der Waals surface area contributed by atoms with Gasteiger partial charge >= 0.3 is 0 Å². The summed E-state index contributed by atoms with van der Waals surface area (Å²) >= 11 is 0. The number of hydrogen-bond acceptors (Lipinski definition) is 2. The molecule has 0 N–H and O–H groups in total. The summed E-state index contributed by atoms with van der Waals surface area (Å²) in [5.41, 5.74) is 0. The second kappa shape index (κ2) is 36.0. The fourth-order valence-corrected chi connectivity index (χ4v) is 0.980. The molecule has 0 saturated carbocycles. The quantitative estimate of drug-likeness (QED) is 0.511. The van der Waals surface area contributed by atoms with Gasteiger partial charge in [-0.15, -0.1) is 0 Å². The van der Waals surface area contributed by atoms with Crippen LogP contribution in [0.2, 0.25) is 0 Å². The summed E-state index contributed by atoms with van der Waals surface area (Å²) in [6.07, 6.45) is 6.32. The Morgan fingerprint density at radius 3 is 1.44 bits per heavy atom. The van der Waals surface area contributed by atoms with Crippen LogP contribution >= 0.6 is 0 Å². The number of hydroxylamine groups is 2. The van der Waals surface area contributed by atoms with Crippen molar-refractivity contribution in [3.8, 4) is 0 Å². The first-order valence-corrected chi connectivity index (χ1v) is 7.06.